The number of hydrogen-bond donors (Lipinski definition) is 0. The summed E-state index contributed by atoms with van der Waals surface area (Å²) in [6.07, 6.45) is 1.44. The average molecular weight is 312 g/mol. The highest BCUT2D eigenvalue weighted by Gasteiger charge is 2.13. The molecule has 0 aromatic heterocycles. The molecule has 0 aliphatic heterocycles. The second kappa shape index (κ2) is 8.15. The zero-order valence-electron chi connectivity index (χ0n) is 13.3. The van der Waals surface area contributed by atoms with Crippen LogP contribution in [0.1, 0.15) is 24.2 Å². The Morgan fingerprint density at radius 2 is 1.91 bits per heavy atom. The van der Waals surface area contributed by atoms with E-state index >= 15 is 0 Å². The van der Waals surface area contributed by atoms with Gasteiger partial charge < -0.3 is 14.2 Å². The van der Waals surface area contributed by atoms with Gasteiger partial charge in [0, 0.05) is 6.92 Å². The lowest BCUT2D eigenvalue weighted by molar-refractivity contribution is -0.132. The van der Waals surface area contributed by atoms with Crippen LogP contribution in [0.5, 0.6) is 11.5 Å². The second-order valence-corrected chi connectivity index (χ2v) is 4.96. The largest absolute Gasteiger partial charge is 0.493 e. The number of carbonyl (C=O) groups excluding carboxylic acids is 1. The lowest BCUT2D eigenvalue weighted by Gasteiger charge is -2.16. The highest BCUT2D eigenvalue weighted by atomic mass is 16.6. The molecule has 1 atom stereocenters. The van der Waals surface area contributed by atoms with E-state index in [4.69, 9.17) is 14.2 Å². The molecule has 4 nitrogen and oxygen atoms in total. The fraction of sp³-hybridized carbons (Fsp3) is 0.211. The first-order valence-electron chi connectivity index (χ1n) is 7.28. The molecule has 0 amide bonds. The summed E-state index contributed by atoms with van der Waals surface area (Å²) < 4.78 is 16.3. The van der Waals surface area contributed by atoms with Gasteiger partial charge in [-0.1, -0.05) is 42.5 Å². The molecular formula is C19H20O4. The van der Waals surface area contributed by atoms with Gasteiger partial charge >= 0.3 is 5.97 Å². The van der Waals surface area contributed by atoms with Gasteiger partial charge in [0.2, 0.25) is 0 Å². The first-order chi connectivity index (χ1) is 11.1. The van der Waals surface area contributed by atoms with E-state index in [1.165, 1.54) is 14.0 Å². The molecule has 1 unspecified atom stereocenters. The summed E-state index contributed by atoms with van der Waals surface area (Å²) in [5.74, 6) is 0.471. The highest BCUT2D eigenvalue weighted by Crippen LogP contribution is 2.32. The lowest BCUT2D eigenvalue weighted by Crippen LogP contribution is -2.05. The van der Waals surface area contributed by atoms with E-state index in [9.17, 15) is 4.79 Å². The maximum Gasteiger partial charge on any atom is 0.308 e. The molecule has 2 rings (SSSR count). The fourth-order valence-electron chi connectivity index (χ4n) is 2.16. The van der Waals surface area contributed by atoms with Gasteiger partial charge in [-0.3, -0.25) is 4.79 Å². The summed E-state index contributed by atoms with van der Waals surface area (Å²) in [6, 6.07) is 15.2. The van der Waals surface area contributed by atoms with Gasteiger partial charge in [0.25, 0.3) is 0 Å². The van der Waals surface area contributed by atoms with Crippen LogP contribution in [-0.2, 0) is 16.1 Å². The average Bonchev–Trinajstić information content (AvgIpc) is 2.57. The summed E-state index contributed by atoms with van der Waals surface area (Å²) in [6.45, 7) is 5.65. The Morgan fingerprint density at radius 1 is 1.17 bits per heavy atom. The predicted molar refractivity (Wildman–Crippen MR) is 88.5 cm³/mol. The van der Waals surface area contributed by atoms with Gasteiger partial charge in [-0.2, -0.15) is 0 Å². The van der Waals surface area contributed by atoms with Gasteiger partial charge in [0.05, 0.1) is 13.7 Å². The predicted octanol–water partition coefficient (Wildman–Crippen LogP) is 4.06. The molecule has 0 aliphatic carbocycles. The minimum atomic E-state index is -0.392. The van der Waals surface area contributed by atoms with E-state index in [2.05, 4.69) is 6.58 Å². The van der Waals surface area contributed by atoms with Crippen LogP contribution in [0.2, 0.25) is 0 Å². The Kier molecular flexibility index (Phi) is 5.94. The molecule has 0 fully saturated rings. The van der Waals surface area contributed by atoms with Crippen molar-refractivity contribution < 1.29 is 19.0 Å². The third-order valence-corrected chi connectivity index (χ3v) is 3.26. The first kappa shape index (κ1) is 16.8. The van der Waals surface area contributed by atoms with E-state index < -0.39 is 5.97 Å². The van der Waals surface area contributed by atoms with Crippen molar-refractivity contribution in [2.75, 3.05) is 7.11 Å². The summed E-state index contributed by atoms with van der Waals surface area (Å²) >= 11 is 0. The maximum atomic E-state index is 11.1. The van der Waals surface area contributed by atoms with Gasteiger partial charge in [-0.05, 0) is 23.3 Å². The van der Waals surface area contributed by atoms with Gasteiger partial charge in [-0.15, -0.1) is 6.58 Å². The normalized spacial score (nSPS) is 11.6. The Balaban J connectivity index is 2.14. The van der Waals surface area contributed by atoms with Crippen LogP contribution in [0.4, 0.5) is 0 Å². The molecule has 0 bridgehead atoms. The molecule has 2 aromatic rings. The van der Waals surface area contributed by atoms with Crippen LogP contribution in [0.25, 0.3) is 0 Å². The van der Waals surface area contributed by atoms with Gasteiger partial charge in [-0.25, -0.2) is 0 Å². The molecule has 4 heteroatoms. The third-order valence-electron chi connectivity index (χ3n) is 3.26. The van der Waals surface area contributed by atoms with Crippen molar-refractivity contribution in [2.45, 2.75) is 19.6 Å². The molecule has 0 aliphatic rings. The van der Waals surface area contributed by atoms with Crippen molar-refractivity contribution in [3.05, 3.63) is 72.3 Å². The van der Waals surface area contributed by atoms with Crippen LogP contribution >= 0.6 is 0 Å². The minimum Gasteiger partial charge on any atom is -0.493 e. The molecule has 0 spiro atoms. The Bertz CT molecular complexity index is 664. The number of carbonyl (C=O) groups is 1. The van der Waals surface area contributed by atoms with Crippen molar-refractivity contribution >= 4 is 5.97 Å². The Hall–Kier alpha value is -2.59. The van der Waals surface area contributed by atoms with Crippen molar-refractivity contribution in [3.8, 4) is 11.5 Å². The van der Waals surface area contributed by atoms with Crippen LogP contribution < -0.4 is 9.47 Å². The van der Waals surface area contributed by atoms with Crippen LogP contribution in [0, 0.1) is 0 Å². The van der Waals surface area contributed by atoms with E-state index in [0.717, 1.165) is 11.1 Å². The number of hydrogen-bond acceptors (Lipinski definition) is 4. The van der Waals surface area contributed by atoms with E-state index in [1.807, 2.05) is 36.4 Å². The van der Waals surface area contributed by atoms with Crippen LogP contribution in [-0.4, -0.2) is 13.1 Å². The first-order valence-corrected chi connectivity index (χ1v) is 7.28. The van der Waals surface area contributed by atoms with Crippen molar-refractivity contribution in [1.29, 1.82) is 0 Å². The smallest absolute Gasteiger partial charge is 0.308 e. The van der Waals surface area contributed by atoms with Crippen molar-refractivity contribution in [2.24, 2.45) is 0 Å². The summed E-state index contributed by atoms with van der Waals surface area (Å²) in [5, 5.41) is 0. The third kappa shape index (κ3) is 4.69. The molecular weight excluding hydrogens is 292 g/mol. The minimum absolute atomic E-state index is 0.282. The van der Waals surface area contributed by atoms with Gasteiger partial charge in [0.1, 0.15) is 6.10 Å². The summed E-state index contributed by atoms with van der Waals surface area (Å²) in [4.78, 5) is 11.1. The molecule has 0 heterocycles. The highest BCUT2D eigenvalue weighted by molar-refractivity contribution is 5.70. The maximum absolute atomic E-state index is 11.1. The summed E-state index contributed by atoms with van der Waals surface area (Å²) in [5.41, 5.74) is 1.96. The van der Waals surface area contributed by atoms with Gasteiger partial charge in [0.15, 0.2) is 11.5 Å². The zero-order chi connectivity index (χ0) is 16.7. The topological polar surface area (TPSA) is 44.8 Å². The van der Waals surface area contributed by atoms with Crippen LogP contribution in [0.3, 0.4) is 0 Å². The fourth-order valence-corrected chi connectivity index (χ4v) is 2.16. The standard InChI is InChI=1S/C19H20O4/c1-4-17(22-13-15-8-6-5-7-9-15)16-10-11-18(23-14(2)20)19(12-16)21-3/h4-12,17H,1,13H2,2-3H3. The molecule has 0 saturated carbocycles. The lowest BCUT2D eigenvalue weighted by atomic mass is 10.1. The number of methoxy groups -OCH3 is 1. The SMILES string of the molecule is C=CC(OCc1ccccc1)c1ccc(OC(C)=O)c(OC)c1. The molecule has 0 saturated heterocycles. The van der Waals surface area contributed by atoms with E-state index in [0.29, 0.717) is 18.1 Å². The molecule has 120 valence electrons. The molecule has 0 radical (unpaired) electrons. The Labute approximate surface area is 136 Å². The second-order valence-electron chi connectivity index (χ2n) is 4.96. The van der Waals surface area contributed by atoms with Crippen molar-refractivity contribution in [3.63, 3.8) is 0 Å². The number of ether oxygens (including phenoxy) is 3. The molecule has 2 aromatic carbocycles. The van der Waals surface area contributed by atoms with Crippen molar-refractivity contribution in [1.82, 2.24) is 0 Å². The quantitative estimate of drug-likeness (QED) is 0.439. The monoisotopic (exact) mass is 312 g/mol. The molecule has 23 heavy (non-hydrogen) atoms. The van der Waals surface area contributed by atoms with E-state index in [-0.39, 0.29) is 6.10 Å². The number of rotatable bonds is 7. The zero-order valence-corrected chi connectivity index (χ0v) is 13.3. The van der Waals surface area contributed by atoms with Crippen LogP contribution in [0.15, 0.2) is 61.2 Å². The molecule has 0 N–H and O–H groups in total. The number of esters is 1. The summed E-state index contributed by atoms with van der Waals surface area (Å²) in [7, 11) is 1.53. The number of benzene rings is 2. The van der Waals surface area contributed by atoms with E-state index in [1.54, 1.807) is 18.2 Å². The Morgan fingerprint density at radius 3 is 2.52 bits per heavy atom.